The predicted octanol–water partition coefficient (Wildman–Crippen LogP) is 2.81. The molecule has 2 heterocycles. The molecule has 0 bridgehead atoms. The van der Waals surface area contributed by atoms with Gasteiger partial charge in [-0.1, -0.05) is 18.2 Å². The van der Waals surface area contributed by atoms with Gasteiger partial charge in [0.2, 0.25) is 0 Å². The molecule has 26 heavy (non-hydrogen) atoms. The zero-order valence-electron chi connectivity index (χ0n) is 14.9. The minimum Gasteiger partial charge on any atom is -0.349 e. The van der Waals surface area contributed by atoms with Crippen molar-refractivity contribution in [3.8, 4) is 0 Å². The van der Waals surface area contributed by atoms with Crippen molar-refractivity contribution in [1.29, 1.82) is 0 Å². The predicted molar refractivity (Wildman–Crippen MR) is 98.9 cm³/mol. The summed E-state index contributed by atoms with van der Waals surface area (Å²) < 4.78 is 0. The number of likely N-dealkylation sites (tertiary alicyclic amines) is 1. The van der Waals surface area contributed by atoms with Gasteiger partial charge in [0, 0.05) is 36.6 Å². The first-order valence-corrected chi connectivity index (χ1v) is 9.16. The van der Waals surface area contributed by atoms with Crippen LogP contribution in [0.5, 0.6) is 0 Å². The van der Waals surface area contributed by atoms with Gasteiger partial charge in [0.1, 0.15) is 0 Å². The van der Waals surface area contributed by atoms with Gasteiger partial charge in [-0.2, -0.15) is 0 Å². The minimum absolute atomic E-state index is 0.00281. The molecule has 1 unspecified atom stereocenters. The Kier molecular flexibility index (Phi) is 4.23. The van der Waals surface area contributed by atoms with Crippen LogP contribution in [0.3, 0.4) is 0 Å². The number of nitrogens with one attached hydrogen (secondary N) is 1. The molecule has 2 aromatic rings. The molecule has 0 radical (unpaired) electrons. The fourth-order valence-corrected chi connectivity index (χ4v) is 3.97. The molecule has 1 aromatic carbocycles. The average Bonchev–Trinajstić information content (AvgIpc) is 3.33. The quantitative estimate of drug-likeness (QED) is 0.927. The van der Waals surface area contributed by atoms with Crippen molar-refractivity contribution < 1.29 is 9.59 Å². The summed E-state index contributed by atoms with van der Waals surface area (Å²) in [5.74, 6) is 0.0629. The molecule has 5 nitrogen and oxygen atoms in total. The first-order chi connectivity index (χ1) is 12.6. The highest BCUT2D eigenvalue weighted by molar-refractivity contribution is 5.95. The summed E-state index contributed by atoms with van der Waals surface area (Å²) in [6, 6.07) is 13.2. The fourth-order valence-electron chi connectivity index (χ4n) is 3.97. The van der Waals surface area contributed by atoms with Crippen molar-refractivity contribution in [3.05, 3.63) is 65.5 Å². The number of carbonyl (C=O) groups is 2. The van der Waals surface area contributed by atoms with E-state index in [1.807, 2.05) is 54.3 Å². The van der Waals surface area contributed by atoms with Crippen molar-refractivity contribution in [2.45, 2.75) is 32.2 Å². The van der Waals surface area contributed by atoms with Crippen LogP contribution in [0.25, 0.3) is 0 Å². The van der Waals surface area contributed by atoms with E-state index in [1.165, 1.54) is 0 Å². The topological polar surface area (TPSA) is 62.3 Å². The highest BCUT2D eigenvalue weighted by atomic mass is 16.2. The second-order valence-corrected chi connectivity index (χ2v) is 7.39. The van der Waals surface area contributed by atoms with Crippen LogP contribution in [0.1, 0.15) is 45.7 Å². The molecule has 1 N–H and O–H groups in total. The summed E-state index contributed by atoms with van der Waals surface area (Å²) >= 11 is 0. The Hall–Kier alpha value is -2.69. The van der Waals surface area contributed by atoms with Crippen LogP contribution < -0.4 is 5.32 Å². The molecule has 2 amide bonds. The highest BCUT2D eigenvalue weighted by Gasteiger charge is 2.56. The van der Waals surface area contributed by atoms with Crippen LogP contribution in [0.15, 0.2) is 48.7 Å². The molecule has 1 spiro atoms. The molecule has 1 atom stereocenters. The van der Waals surface area contributed by atoms with E-state index in [4.69, 9.17) is 0 Å². The maximum atomic E-state index is 12.7. The SMILES string of the molecule is Cc1ncccc1C(=O)N1CCC2(CC1)CC2NC(=O)c1ccccc1. The van der Waals surface area contributed by atoms with Crippen molar-refractivity contribution in [2.75, 3.05) is 13.1 Å². The largest absolute Gasteiger partial charge is 0.349 e. The van der Waals surface area contributed by atoms with Gasteiger partial charge in [-0.15, -0.1) is 0 Å². The normalized spacial score (nSPS) is 20.7. The van der Waals surface area contributed by atoms with E-state index in [1.54, 1.807) is 6.20 Å². The van der Waals surface area contributed by atoms with Crippen LogP contribution >= 0.6 is 0 Å². The molecule has 2 aliphatic rings. The molecule has 5 heteroatoms. The number of hydrogen-bond donors (Lipinski definition) is 1. The number of piperidine rings is 1. The summed E-state index contributed by atoms with van der Waals surface area (Å²) in [6.45, 7) is 3.35. The van der Waals surface area contributed by atoms with Crippen LogP contribution in [0.2, 0.25) is 0 Å². The third-order valence-electron chi connectivity index (χ3n) is 5.81. The minimum atomic E-state index is -0.00281. The summed E-state index contributed by atoms with van der Waals surface area (Å²) in [7, 11) is 0. The zero-order valence-corrected chi connectivity index (χ0v) is 14.9. The number of rotatable bonds is 3. The summed E-state index contributed by atoms with van der Waals surface area (Å²) in [5, 5.41) is 3.16. The summed E-state index contributed by atoms with van der Waals surface area (Å²) in [6.07, 6.45) is 4.61. The molecule has 4 rings (SSSR count). The van der Waals surface area contributed by atoms with Gasteiger partial charge in [-0.05, 0) is 55.9 Å². The molecule has 134 valence electrons. The van der Waals surface area contributed by atoms with Crippen molar-refractivity contribution in [1.82, 2.24) is 15.2 Å². The Bertz CT molecular complexity index is 826. The molecular weight excluding hydrogens is 326 g/mol. The van der Waals surface area contributed by atoms with Crippen molar-refractivity contribution in [3.63, 3.8) is 0 Å². The molecule has 2 fully saturated rings. The van der Waals surface area contributed by atoms with Crippen LogP contribution in [0, 0.1) is 12.3 Å². The van der Waals surface area contributed by atoms with E-state index in [0.29, 0.717) is 11.1 Å². The van der Waals surface area contributed by atoms with E-state index in [2.05, 4.69) is 10.3 Å². The molecule has 1 saturated heterocycles. The molecule has 1 aliphatic heterocycles. The van der Waals surface area contributed by atoms with Crippen LogP contribution in [-0.4, -0.2) is 40.8 Å². The van der Waals surface area contributed by atoms with Crippen molar-refractivity contribution in [2.24, 2.45) is 5.41 Å². The van der Waals surface area contributed by atoms with Gasteiger partial charge in [0.05, 0.1) is 5.56 Å². The van der Waals surface area contributed by atoms with Gasteiger partial charge < -0.3 is 10.2 Å². The Morgan fingerprint density at radius 3 is 2.54 bits per heavy atom. The standard InChI is InChI=1S/C21H23N3O2/c1-15-17(8-5-11-22-15)20(26)24-12-9-21(10-13-24)14-18(21)23-19(25)16-6-3-2-4-7-16/h2-8,11,18H,9-10,12-14H2,1H3,(H,23,25). The monoisotopic (exact) mass is 349 g/mol. The summed E-state index contributed by atoms with van der Waals surface area (Å²) in [5.41, 5.74) is 2.34. The van der Waals surface area contributed by atoms with E-state index in [-0.39, 0.29) is 23.3 Å². The Balaban J connectivity index is 1.34. The lowest BCUT2D eigenvalue weighted by Gasteiger charge is -2.33. The number of amides is 2. The van der Waals surface area contributed by atoms with Gasteiger partial charge >= 0.3 is 0 Å². The number of aryl methyl sites for hydroxylation is 1. The molecular formula is C21H23N3O2. The van der Waals surface area contributed by atoms with Crippen LogP contribution in [0.4, 0.5) is 0 Å². The number of nitrogens with zero attached hydrogens (tertiary/aromatic N) is 2. The van der Waals surface area contributed by atoms with Crippen molar-refractivity contribution >= 4 is 11.8 Å². The Morgan fingerprint density at radius 1 is 1.12 bits per heavy atom. The third kappa shape index (κ3) is 3.09. The van der Waals surface area contributed by atoms with Gasteiger partial charge in [0.15, 0.2) is 0 Å². The van der Waals surface area contributed by atoms with Crippen LogP contribution in [-0.2, 0) is 0 Å². The first-order valence-electron chi connectivity index (χ1n) is 9.16. The maximum absolute atomic E-state index is 12.7. The van der Waals surface area contributed by atoms with E-state index < -0.39 is 0 Å². The second kappa shape index (κ2) is 6.56. The lowest BCUT2D eigenvalue weighted by molar-refractivity contribution is 0.0666. The number of aromatic nitrogens is 1. The number of carbonyl (C=O) groups excluding carboxylic acids is 2. The van der Waals surface area contributed by atoms with Gasteiger partial charge in [-0.25, -0.2) is 0 Å². The second-order valence-electron chi connectivity index (χ2n) is 7.39. The van der Waals surface area contributed by atoms with E-state index in [0.717, 1.165) is 38.0 Å². The smallest absolute Gasteiger partial charge is 0.255 e. The van der Waals surface area contributed by atoms with E-state index >= 15 is 0 Å². The zero-order chi connectivity index (χ0) is 18.1. The lowest BCUT2D eigenvalue weighted by atomic mass is 9.92. The Morgan fingerprint density at radius 2 is 1.85 bits per heavy atom. The molecule has 1 aromatic heterocycles. The maximum Gasteiger partial charge on any atom is 0.255 e. The first kappa shape index (κ1) is 16.8. The number of hydrogen-bond acceptors (Lipinski definition) is 3. The summed E-state index contributed by atoms with van der Waals surface area (Å²) in [4.78, 5) is 31.2. The van der Waals surface area contributed by atoms with E-state index in [9.17, 15) is 9.59 Å². The fraction of sp³-hybridized carbons (Fsp3) is 0.381. The number of benzene rings is 1. The van der Waals surface area contributed by atoms with Gasteiger partial charge in [-0.3, -0.25) is 14.6 Å². The Labute approximate surface area is 153 Å². The highest BCUT2D eigenvalue weighted by Crippen LogP contribution is 2.54. The lowest BCUT2D eigenvalue weighted by Crippen LogP contribution is -2.42. The average molecular weight is 349 g/mol. The molecule has 1 saturated carbocycles. The van der Waals surface area contributed by atoms with Gasteiger partial charge in [0.25, 0.3) is 11.8 Å². The number of pyridine rings is 1. The third-order valence-corrected chi connectivity index (χ3v) is 5.81. The molecule has 1 aliphatic carbocycles.